The average Bonchev–Trinajstić information content (AvgIpc) is 2.95. The number of benzene rings is 1. The Labute approximate surface area is 125 Å². The van der Waals surface area contributed by atoms with Gasteiger partial charge < -0.3 is 19.6 Å². The van der Waals surface area contributed by atoms with Crippen molar-refractivity contribution in [2.45, 2.75) is 32.9 Å². The van der Waals surface area contributed by atoms with E-state index in [-0.39, 0.29) is 12.6 Å². The summed E-state index contributed by atoms with van der Waals surface area (Å²) in [5, 5.41) is 13.2. The summed E-state index contributed by atoms with van der Waals surface area (Å²) >= 11 is 0. The summed E-state index contributed by atoms with van der Waals surface area (Å²) in [5.74, 6) is 1.66. The summed E-state index contributed by atoms with van der Waals surface area (Å²) in [7, 11) is 0. The lowest BCUT2D eigenvalue weighted by Gasteiger charge is -2.16. The molecule has 0 amide bonds. The average molecular weight is 289 g/mol. The Kier molecular flexibility index (Phi) is 5.42. The molecule has 114 valence electrons. The van der Waals surface area contributed by atoms with Crippen molar-refractivity contribution in [3.05, 3.63) is 53.5 Å². The van der Waals surface area contributed by atoms with Gasteiger partial charge in [0.15, 0.2) is 0 Å². The molecule has 0 aliphatic heterocycles. The molecule has 1 aromatic carbocycles. The first kappa shape index (κ1) is 15.6. The Morgan fingerprint density at radius 3 is 2.57 bits per heavy atom. The number of hydrogen-bond acceptors (Lipinski definition) is 4. The quantitative estimate of drug-likeness (QED) is 0.823. The molecule has 0 aliphatic rings. The van der Waals surface area contributed by atoms with E-state index < -0.39 is 6.10 Å². The van der Waals surface area contributed by atoms with Gasteiger partial charge in [-0.25, -0.2) is 0 Å². The maximum Gasteiger partial charge on any atom is 0.120 e. The van der Waals surface area contributed by atoms with Crippen LogP contribution in [-0.2, 0) is 0 Å². The van der Waals surface area contributed by atoms with Crippen LogP contribution < -0.4 is 10.1 Å². The van der Waals surface area contributed by atoms with Crippen molar-refractivity contribution in [1.82, 2.24) is 5.32 Å². The van der Waals surface area contributed by atoms with Gasteiger partial charge >= 0.3 is 0 Å². The number of aliphatic hydroxyl groups is 1. The van der Waals surface area contributed by atoms with Crippen LogP contribution in [0.1, 0.15) is 29.9 Å². The summed E-state index contributed by atoms with van der Waals surface area (Å²) in [5.41, 5.74) is 2.31. The molecule has 4 nitrogen and oxygen atoms in total. The zero-order valence-electron chi connectivity index (χ0n) is 12.8. The summed E-state index contributed by atoms with van der Waals surface area (Å²) in [6, 6.07) is 9.87. The maximum atomic E-state index is 9.98. The molecular formula is C17H23NO3. The van der Waals surface area contributed by atoms with E-state index in [9.17, 15) is 5.11 Å². The van der Waals surface area contributed by atoms with Crippen LogP contribution in [0.25, 0.3) is 0 Å². The van der Waals surface area contributed by atoms with Crippen molar-refractivity contribution >= 4 is 0 Å². The largest absolute Gasteiger partial charge is 0.491 e. The molecule has 0 radical (unpaired) electrons. The Morgan fingerprint density at radius 2 is 1.95 bits per heavy atom. The van der Waals surface area contributed by atoms with Gasteiger partial charge in [-0.1, -0.05) is 6.07 Å². The van der Waals surface area contributed by atoms with Gasteiger partial charge in [0, 0.05) is 6.54 Å². The van der Waals surface area contributed by atoms with E-state index in [0.717, 1.165) is 22.6 Å². The predicted molar refractivity (Wildman–Crippen MR) is 82.5 cm³/mol. The topological polar surface area (TPSA) is 54.6 Å². The minimum absolute atomic E-state index is 0.0656. The lowest BCUT2D eigenvalue weighted by molar-refractivity contribution is 0.103. The van der Waals surface area contributed by atoms with Gasteiger partial charge in [-0.15, -0.1) is 0 Å². The van der Waals surface area contributed by atoms with E-state index in [1.807, 2.05) is 45.0 Å². The third-order valence-electron chi connectivity index (χ3n) is 3.27. The summed E-state index contributed by atoms with van der Waals surface area (Å²) in [4.78, 5) is 0. The van der Waals surface area contributed by atoms with Crippen molar-refractivity contribution in [2.24, 2.45) is 0 Å². The SMILES string of the molecule is Cc1cc(C)cc(OCC(O)CN[C@H](C)c2ccco2)c1. The molecule has 1 aromatic heterocycles. The Balaban J connectivity index is 1.75. The van der Waals surface area contributed by atoms with Crippen LogP contribution in [0.3, 0.4) is 0 Å². The molecule has 2 aromatic rings. The highest BCUT2D eigenvalue weighted by Crippen LogP contribution is 2.16. The summed E-state index contributed by atoms with van der Waals surface area (Å²) < 4.78 is 10.9. The third-order valence-corrected chi connectivity index (χ3v) is 3.27. The molecule has 21 heavy (non-hydrogen) atoms. The van der Waals surface area contributed by atoms with E-state index in [1.54, 1.807) is 6.26 Å². The molecule has 0 fully saturated rings. The minimum Gasteiger partial charge on any atom is -0.491 e. The standard InChI is InChI=1S/C17H23NO3/c1-12-7-13(2)9-16(8-12)21-11-15(19)10-18-14(3)17-5-4-6-20-17/h4-9,14-15,18-19H,10-11H2,1-3H3/t14-,15?/m1/s1. The molecule has 2 atom stereocenters. The molecule has 4 heteroatoms. The van der Waals surface area contributed by atoms with Crippen molar-refractivity contribution < 1.29 is 14.3 Å². The molecule has 2 N–H and O–H groups in total. The second-order valence-corrected chi connectivity index (χ2v) is 5.43. The lowest BCUT2D eigenvalue weighted by Crippen LogP contribution is -2.32. The predicted octanol–water partition coefficient (Wildman–Crippen LogP) is 2.99. The smallest absolute Gasteiger partial charge is 0.120 e. The molecule has 1 heterocycles. The van der Waals surface area contributed by atoms with E-state index in [4.69, 9.17) is 9.15 Å². The van der Waals surface area contributed by atoms with Crippen molar-refractivity contribution in [3.63, 3.8) is 0 Å². The van der Waals surface area contributed by atoms with E-state index in [1.165, 1.54) is 0 Å². The number of hydrogen-bond donors (Lipinski definition) is 2. The van der Waals surface area contributed by atoms with E-state index in [2.05, 4.69) is 11.4 Å². The fraction of sp³-hybridized carbons (Fsp3) is 0.412. The van der Waals surface area contributed by atoms with E-state index >= 15 is 0 Å². The molecule has 2 rings (SSSR count). The first-order valence-electron chi connectivity index (χ1n) is 7.20. The Morgan fingerprint density at radius 1 is 1.24 bits per heavy atom. The van der Waals surface area contributed by atoms with Crippen LogP contribution in [0, 0.1) is 13.8 Å². The third kappa shape index (κ3) is 4.92. The molecule has 1 unspecified atom stereocenters. The Hall–Kier alpha value is -1.78. The highest BCUT2D eigenvalue weighted by atomic mass is 16.5. The number of nitrogens with one attached hydrogen (secondary N) is 1. The van der Waals surface area contributed by atoms with Crippen LogP contribution >= 0.6 is 0 Å². The summed E-state index contributed by atoms with van der Waals surface area (Å²) in [6.45, 7) is 6.77. The molecule has 0 saturated heterocycles. The number of aryl methyl sites for hydroxylation is 2. The van der Waals surface area contributed by atoms with Gasteiger partial charge in [0.2, 0.25) is 0 Å². The first-order chi connectivity index (χ1) is 10.0. The van der Waals surface area contributed by atoms with Gasteiger partial charge in [-0.2, -0.15) is 0 Å². The second-order valence-electron chi connectivity index (χ2n) is 5.43. The molecule has 0 spiro atoms. The second kappa shape index (κ2) is 7.29. The first-order valence-corrected chi connectivity index (χ1v) is 7.20. The molecule has 0 aliphatic carbocycles. The van der Waals surface area contributed by atoms with Gasteiger partial charge in [0.1, 0.15) is 24.2 Å². The molecule has 0 bridgehead atoms. The minimum atomic E-state index is -0.566. The lowest BCUT2D eigenvalue weighted by atomic mass is 10.1. The highest BCUT2D eigenvalue weighted by Gasteiger charge is 2.11. The van der Waals surface area contributed by atoms with Crippen molar-refractivity contribution in [3.8, 4) is 5.75 Å². The maximum absolute atomic E-state index is 9.98. The normalized spacial score (nSPS) is 13.9. The number of rotatable bonds is 7. The summed E-state index contributed by atoms with van der Waals surface area (Å²) in [6.07, 6.45) is 1.08. The van der Waals surface area contributed by atoms with Gasteiger partial charge in [0.25, 0.3) is 0 Å². The van der Waals surface area contributed by atoms with Crippen LogP contribution in [-0.4, -0.2) is 24.4 Å². The van der Waals surface area contributed by atoms with Gasteiger partial charge in [-0.05, 0) is 56.2 Å². The van der Waals surface area contributed by atoms with Crippen LogP contribution in [0.2, 0.25) is 0 Å². The van der Waals surface area contributed by atoms with E-state index in [0.29, 0.717) is 6.54 Å². The zero-order valence-corrected chi connectivity index (χ0v) is 12.8. The number of aliphatic hydroxyl groups excluding tert-OH is 1. The van der Waals surface area contributed by atoms with Crippen molar-refractivity contribution in [2.75, 3.05) is 13.2 Å². The van der Waals surface area contributed by atoms with Crippen molar-refractivity contribution in [1.29, 1.82) is 0 Å². The molecular weight excluding hydrogens is 266 g/mol. The van der Waals surface area contributed by atoms with Gasteiger partial charge in [0.05, 0.1) is 12.3 Å². The number of ether oxygens (including phenoxy) is 1. The fourth-order valence-corrected chi connectivity index (χ4v) is 2.22. The van der Waals surface area contributed by atoms with Crippen LogP contribution in [0.5, 0.6) is 5.75 Å². The monoisotopic (exact) mass is 289 g/mol. The molecule has 0 saturated carbocycles. The Bertz CT molecular complexity index is 531. The number of furan rings is 1. The zero-order chi connectivity index (χ0) is 15.2. The van der Waals surface area contributed by atoms with Crippen LogP contribution in [0.15, 0.2) is 41.0 Å². The van der Waals surface area contributed by atoms with Gasteiger partial charge in [-0.3, -0.25) is 0 Å². The van der Waals surface area contributed by atoms with Crippen LogP contribution in [0.4, 0.5) is 0 Å². The highest BCUT2D eigenvalue weighted by molar-refractivity contribution is 5.32. The fourth-order valence-electron chi connectivity index (χ4n) is 2.22.